The number of nitrogens with one attached hydrogen (secondary N) is 1. The maximum atomic E-state index is 12.1. The Morgan fingerprint density at radius 2 is 1.62 bits per heavy atom. The fourth-order valence-electron chi connectivity index (χ4n) is 6.05. The second kappa shape index (κ2) is 7.05. The van der Waals surface area contributed by atoms with Crippen LogP contribution in [0.1, 0.15) is 62.2 Å². The monoisotopic (exact) mass is 355 g/mol. The van der Waals surface area contributed by atoms with Crippen LogP contribution in [0.25, 0.3) is 0 Å². The summed E-state index contributed by atoms with van der Waals surface area (Å²) in [6, 6.07) is 6.92. The molecule has 4 heteroatoms. The van der Waals surface area contributed by atoms with Crippen LogP contribution in [0.3, 0.4) is 0 Å². The van der Waals surface area contributed by atoms with Crippen molar-refractivity contribution in [3.63, 3.8) is 0 Å². The van der Waals surface area contributed by atoms with Gasteiger partial charge in [0.1, 0.15) is 5.75 Å². The summed E-state index contributed by atoms with van der Waals surface area (Å²) in [6.07, 6.45) is 9.65. The van der Waals surface area contributed by atoms with Crippen LogP contribution in [-0.2, 0) is 4.79 Å². The summed E-state index contributed by atoms with van der Waals surface area (Å²) in [6.45, 7) is 2.32. The highest BCUT2D eigenvalue weighted by Crippen LogP contribution is 2.61. The number of rotatable bonds is 7. The highest BCUT2D eigenvalue weighted by molar-refractivity contribution is 5.94. The molecule has 0 saturated heterocycles. The topological polar surface area (TPSA) is 55.4 Å². The Hall–Kier alpha value is -1.84. The number of amides is 1. The van der Waals surface area contributed by atoms with Crippen molar-refractivity contribution in [1.29, 1.82) is 0 Å². The third-order valence-electron chi connectivity index (χ3n) is 6.77. The van der Waals surface area contributed by atoms with Crippen LogP contribution in [0.2, 0.25) is 0 Å². The number of carbonyl (C=O) groups is 2. The second-order valence-electron chi connectivity index (χ2n) is 8.89. The number of Topliss-reactive ketones (excluding diaryl/α,β-unsaturated/α-hetero) is 1. The van der Waals surface area contributed by atoms with Crippen LogP contribution in [0.4, 0.5) is 0 Å². The van der Waals surface area contributed by atoms with Gasteiger partial charge in [0, 0.05) is 12.1 Å². The predicted octanol–water partition coefficient (Wildman–Crippen LogP) is 3.99. The molecule has 0 atom stereocenters. The molecule has 1 aromatic rings. The second-order valence-corrected chi connectivity index (χ2v) is 8.89. The molecule has 0 radical (unpaired) electrons. The third kappa shape index (κ3) is 3.79. The van der Waals surface area contributed by atoms with E-state index in [4.69, 9.17) is 4.74 Å². The van der Waals surface area contributed by atoms with Gasteiger partial charge < -0.3 is 10.1 Å². The zero-order valence-corrected chi connectivity index (χ0v) is 15.6. The highest BCUT2D eigenvalue weighted by atomic mass is 16.5. The Morgan fingerprint density at radius 3 is 2.15 bits per heavy atom. The van der Waals surface area contributed by atoms with Crippen molar-refractivity contribution in [3.05, 3.63) is 29.8 Å². The van der Waals surface area contributed by atoms with E-state index in [-0.39, 0.29) is 18.3 Å². The molecule has 0 aliphatic heterocycles. The molecule has 4 aliphatic carbocycles. The Kier molecular flexibility index (Phi) is 4.76. The van der Waals surface area contributed by atoms with Crippen LogP contribution in [0, 0.1) is 23.2 Å². The molecule has 1 aromatic carbocycles. The Bertz CT molecular complexity index is 644. The van der Waals surface area contributed by atoms with Crippen LogP contribution >= 0.6 is 0 Å². The van der Waals surface area contributed by atoms with Crippen molar-refractivity contribution in [3.8, 4) is 5.75 Å². The number of carbonyl (C=O) groups excluding carboxylic acids is 2. The average Bonchev–Trinajstić information content (AvgIpc) is 2.59. The first kappa shape index (κ1) is 17.6. The zero-order valence-electron chi connectivity index (χ0n) is 15.6. The van der Waals surface area contributed by atoms with E-state index in [9.17, 15) is 9.59 Å². The molecule has 4 fully saturated rings. The van der Waals surface area contributed by atoms with E-state index in [2.05, 4.69) is 5.32 Å². The number of hydrogen-bond acceptors (Lipinski definition) is 3. The van der Waals surface area contributed by atoms with Gasteiger partial charge in [-0.15, -0.1) is 0 Å². The molecule has 1 N–H and O–H groups in total. The number of ether oxygens (including phenoxy) is 1. The quantitative estimate of drug-likeness (QED) is 0.753. The Balaban J connectivity index is 1.20. The molecule has 1 amide bonds. The Morgan fingerprint density at radius 1 is 1.04 bits per heavy atom. The van der Waals surface area contributed by atoms with Crippen molar-refractivity contribution >= 4 is 11.7 Å². The van der Waals surface area contributed by atoms with Gasteiger partial charge in [0.15, 0.2) is 12.4 Å². The SMILES string of the molecule is CC(=O)c1ccc(OCC(=O)NCCC23CC4CC(CC(C4)C2)C3)cc1. The van der Waals surface area contributed by atoms with Crippen molar-refractivity contribution < 1.29 is 14.3 Å². The minimum Gasteiger partial charge on any atom is -0.484 e. The number of hydrogen-bond donors (Lipinski definition) is 1. The predicted molar refractivity (Wildman–Crippen MR) is 100 cm³/mol. The number of benzene rings is 1. The first-order valence-electron chi connectivity index (χ1n) is 10.0. The summed E-state index contributed by atoms with van der Waals surface area (Å²) >= 11 is 0. The molecule has 4 bridgehead atoms. The van der Waals surface area contributed by atoms with Gasteiger partial charge in [0.2, 0.25) is 0 Å². The van der Waals surface area contributed by atoms with Gasteiger partial charge in [0.25, 0.3) is 5.91 Å². The largest absolute Gasteiger partial charge is 0.484 e. The minimum absolute atomic E-state index is 0.0268. The van der Waals surface area contributed by atoms with Gasteiger partial charge in [-0.2, -0.15) is 0 Å². The van der Waals surface area contributed by atoms with Crippen LogP contribution in [-0.4, -0.2) is 24.8 Å². The van der Waals surface area contributed by atoms with Crippen LogP contribution in [0.5, 0.6) is 5.75 Å². The maximum Gasteiger partial charge on any atom is 0.257 e. The summed E-state index contributed by atoms with van der Waals surface area (Å²) < 4.78 is 5.53. The maximum absolute atomic E-state index is 12.1. The van der Waals surface area contributed by atoms with Gasteiger partial charge in [-0.05, 0) is 99.3 Å². The molecule has 0 unspecified atom stereocenters. The summed E-state index contributed by atoms with van der Waals surface area (Å²) in [5.41, 5.74) is 1.16. The molecule has 140 valence electrons. The van der Waals surface area contributed by atoms with E-state index in [1.807, 2.05) is 0 Å². The summed E-state index contributed by atoms with van der Waals surface area (Å²) in [5.74, 6) is 3.45. The fourth-order valence-corrected chi connectivity index (χ4v) is 6.05. The van der Waals surface area contributed by atoms with E-state index in [0.29, 0.717) is 16.7 Å². The molecule has 4 saturated carbocycles. The van der Waals surface area contributed by atoms with Gasteiger partial charge in [0.05, 0.1) is 0 Å². The van der Waals surface area contributed by atoms with Crippen molar-refractivity contribution in [2.24, 2.45) is 23.2 Å². The lowest BCUT2D eigenvalue weighted by Gasteiger charge is -2.57. The molecule has 0 heterocycles. The van der Waals surface area contributed by atoms with E-state index >= 15 is 0 Å². The van der Waals surface area contributed by atoms with Gasteiger partial charge >= 0.3 is 0 Å². The first-order valence-corrected chi connectivity index (χ1v) is 10.0. The molecule has 0 spiro atoms. The van der Waals surface area contributed by atoms with Crippen molar-refractivity contribution in [2.45, 2.75) is 51.9 Å². The number of ketones is 1. The van der Waals surface area contributed by atoms with E-state index in [0.717, 1.165) is 30.7 Å². The van der Waals surface area contributed by atoms with E-state index < -0.39 is 0 Å². The molecule has 4 nitrogen and oxygen atoms in total. The highest BCUT2D eigenvalue weighted by Gasteiger charge is 2.50. The first-order chi connectivity index (χ1) is 12.5. The van der Waals surface area contributed by atoms with E-state index in [1.54, 1.807) is 24.3 Å². The molecule has 4 aliphatic rings. The lowest BCUT2D eigenvalue weighted by molar-refractivity contribution is -0.123. The van der Waals surface area contributed by atoms with Crippen LogP contribution < -0.4 is 10.1 Å². The lowest BCUT2D eigenvalue weighted by Crippen LogP contribution is -2.47. The zero-order chi connectivity index (χ0) is 18.1. The standard InChI is InChI=1S/C22H29NO3/c1-15(24)19-2-4-20(5-3-19)26-14-21(25)23-7-6-22-11-16-8-17(12-22)10-18(9-16)13-22/h2-5,16-18H,6-14H2,1H3,(H,23,25). The van der Waals surface area contributed by atoms with Crippen molar-refractivity contribution in [2.75, 3.05) is 13.2 Å². The smallest absolute Gasteiger partial charge is 0.257 e. The summed E-state index contributed by atoms with van der Waals surface area (Å²) in [7, 11) is 0. The molecular weight excluding hydrogens is 326 g/mol. The molecule has 5 rings (SSSR count). The van der Waals surface area contributed by atoms with Gasteiger partial charge in [-0.1, -0.05) is 0 Å². The van der Waals surface area contributed by atoms with Crippen molar-refractivity contribution in [1.82, 2.24) is 5.32 Å². The van der Waals surface area contributed by atoms with Gasteiger partial charge in [-0.3, -0.25) is 9.59 Å². The fraction of sp³-hybridized carbons (Fsp3) is 0.636. The summed E-state index contributed by atoms with van der Waals surface area (Å²) in [4.78, 5) is 23.4. The lowest BCUT2D eigenvalue weighted by atomic mass is 9.49. The normalized spacial score (nSPS) is 31.7. The summed E-state index contributed by atoms with van der Waals surface area (Å²) in [5, 5.41) is 3.04. The molecule has 0 aromatic heterocycles. The molecule has 26 heavy (non-hydrogen) atoms. The third-order valence-corrected chi connectivity index (χ3v) is 6.77. The molecular formula is C22H29NO3. The average molecular weight is 355 g/mol. The van der Waals surface area contributed by atoms with Crippen LogP contribution in [0.15, 0.2) is 24.3 Å². The van der Waals surface area contributed by atoms with E-state index in [1.165, 1.54) is 45.4 Å². The van der Waals surface area contributed by atoms with Gasteiger partial charge in [-0.25, -0.2) is 0 Å². The Labute approximate surface area is 155 Å². The minimum atomic E-state index is -0.0645.